The molecule has 3 heterocycles. The van der Waals surface area contributed by atoms with Crippen LogP contribution in [0.3, 0.4) is 0 Å². The Hall–Kier alpha value is -3.01. The van der Waals surface area contributed by atoms with Crippen LogP contribution in [0.1, 0.15) is 33.4 Å². The third-order valence-electron chi connectivity index (χ3n) is 7.84. The second kappa shape index (κ2) is 19.8. The van der Waals surface area contributed by atoms with E-state index in [1.807, 2.05) is 0 Å². The van der Waals surface area contributed by atoms with Crippen molar-refractivity contribution in [2.75, 3.05) is 37.8 Å². The molecule has 3 unspecified atom stereocenters. The minimum absolute atomic E-state index is 0.0129. The summed E-state index contributed by atoms with van der Waals surface area (Å²) < 4.78 is 61.9. The van der Waals surface area contributed by atoms with Crippen molar-refractivity contribution in [3.63, 3.8) is 0 Å². The van der Waals surface area contributed by atoms with E-state index in [0.717, 1.165) is 17.2 Å². The number of aliphatic carboxylic acids is 1. The Morgan fingerprint density at radius 3 is 2.32 bits per heavy atom. The topological polar surface area (TPSA) is 421 Å². The molecule has 1 aliphatic heterocycles. The third kappa shape index (κ3) is 14.1. The second-order valence-electron chi connectivity index (χ2n) is 12.8. The van der Waals surface area contributed by atoms with E-state index in [2.05, 4.69) is 34.4 Å². The van der Waals surface area contributed by atoms with Crippen LogP contribution in [-0.4, -0.2) is 145 Å². The van der Waals surface area contributed by atoms with Crippen molar-refractivity contribution < 1.29 is 95.5 Å². The van der Waals surface area contributed by atoms with Gasteiger partial charge in [-0.2, -0.15) is 4.31 Å². The minimum Gasteiger partial charge on any atom is -0.479 e. The van der Waals surface area contributed by atoms with Crippen LogP contribution in [0.5, 0.6) is 0 Å². The number of carbonyl (C=O) groups is 4. The molecule has 9 atom stereocenters. The predicted octanol–water partition coefficient (Wildman–Crippen LogP) is -2.25. The van der Waals surface area contributed by atoms with Crippen molar-refractivity contribution in [3.8, 4) is 0 Å². The van der Waals surface area contributed by atoms with Crippen LogP contribution in [0, 0.1) is 11.3 Å². The van der Waals surface area contributed by atoms with Gasteiger partial charge < -0.3 is 61.1 Å². The number of amides is 2. The van der Waals surface area contributed by atoms with E-state index in [9.17, 15) is 67.8 Å². The summed E-state index contributed by atoms with van der Waals surface area (Å²) in [4.78, 5) is 98.1. The number of aliphatic hydroxyl groups is 3. The number of thioether (sulfide) groups is 1. The van der Waals surface area contributed by atoms with Gasteiger partial charge >= 0.3 is 29.4 Å². The lowest BCUT2D eigenvalue weighted by atomic mass is 9.87. The maximum Gasteiger partial charge on any atom is 0.481 e. The highest BCUT2D eigenvalue weighted by Crippen LogP contribution is 2.61. The van der Waals surface area contributed by atoms with Gasteiger partial charge in [-0.05, 0) is 0 Å². The normalized spacial score (nSPS) is 22.6. The zero-order valence-electron chi connectivity index (χ0n) is 30.0. The number of ether oxygens (including phenoxy) is 1. The van der Waals surface area contributed by atoms with E-state index in [1.54, 1.807) is 0 Å². The summed E-state index contributed by atoms with van der Waals surface area (Å²) >= 11 is 0.701. The summed E-state index contributed by atoms with van der Waals surface area (Å²) in [7, 11) is -16.5. The number of hydrogen-bond acceptors (Lipinski definition) is 20. The number of nitrogens with zero attached hydrogens (tertiary/aromatic N) is 4. The minimum atomic E-state index is -5.60. The Balaban J connectivity index is 1.48. The van der Waals surface area contributed by atoms with Crippen LogP contribution in [0.25, 0.3) is 11.2 Å². The molecule has 57 heavy (non-hydrogen) atoms. The van der Waals surface area contributed by atoms with E-state index < -0.39 is 108 Å². The fourth-order valence-electron chi connectivity index (χ4n) is 4.76. The average Bonchev–Trinajstić information content (AvgIpc) is 3.67. The van der Waals surface area contributed by atoms with E-state index in [0.29, 0.717) is 11.8 Å². The molecule has 1 aliphatic rings. The second-order valence-corrected chi connectivity index (χ2v) is 18.1. The Bertz CT molecular complexity index is 1920. The zero-order valence-corrected chi connectivity index (χ0v) is 33.5. The summed E-state index contributed by atoms with van der Waals surface area (Å²) in [6, 6.07) is 0. The van der Waals surface area contributed by atoms with Gasteiger partial charge in [-0.25, -0.2) is 33.4 Å². The maximum atomic E-state index is 12.7. The molecule has 1 saturated heterocycles. The van der Waals surface area contributed by atoms with E-state index in [1.165, 1.54) is 20.8 Å². The van der Waals surface area contributed by atoms with Gasteiger partial charge in [-0.15, -0.1) is 0 Å². The average molecular weight is 898 g/mol. The summed E-state index contributed by atoms with van der Waals surface area (Å²) in [6.45, 7) is 1.26. The number of carboxylic acid groups (broad SMARTS) is 1. The van der Waals surface area contributed by atoms with Gasteiger partial charge in [0.1, 0.15) is 36.3 Å². The van der Waals surface area contributed by atoms with Gasteiger partial charge in [0.2, 0.25) is 11.8 Å². The molecule has 322 valence electrons. The molecule has 12 N–H and O–H groups in total. The summed E-state index contributed by atoms with van der Waals surface area (Å²) in [5.74, 6) is -4.35. The molecule has 3 rings (SSSR count). The molecule has 2 aromatic heterocycles. The van der Waals surface area contributed by atoms with Crippen LogP contribution < -0.4 is 16.4 Å². The molecular weight excluding hydrogens is 855 g/mol. The van der Waals surface area contributed by atoms with Crippen molar-refractivity contribution in [1.82, 2.24) is 30.2 Å². The molecule has 0 saturated carbocycles. The molecule has 0 bridgehead atoms. The number of aromatic nitrogens is 4. The van der Waals surface area contributed by atoms with E-state index >= 15 is 0 Å². The summed E-state index contributed by atoms with van der Waals surface area (Å²) in [5.41, 5.74) is 4.16. The maximum absolute atomic E-state index is 12.7. The number of hydrogen-bond donors (Lipinski definition) is 11. The van der Waals surface area contributed by atoms with Crippen molar-refractivity contribution in [2.45, 2.75) is 63.9 Å². The lowest BCUT2D eigenvalue weighted by Crippen LogP contribution is -2.46. The molecular formula is C26H42N7O20P3S. The molecule has 0 spiro atoms. The van der Waals surface area contributed by atoms with Crippen LogP contribution >= 0.6 is 35.2 Å². The van der Waals surface area contributed by atoms with Crippen molar-refractivity contribution >= 4 is 75.1 Å². The summed E-state index contributed by atoms with van der Waals surface area (Å²) in [6.07, 6.45) is -9.08. The van der Waals surface area contributed by atoms with Gasteiger partial charge in [0.15, 0.2) is 28.9 Å². The lowest BCUT2D eigenvalue weighted by molar-refractivity contribution is -0.151. The molecule has 0 radical (unpaired) electrons. The Morgan fingerprint density at radius 1 is 1.04 bits per heavy atom. The number of anilines is 1. The van der Waals surface area contributed by atoms with Crippen LogP contribution in [0.15, 0.2) is 12.7 Å². The van der Waals surface area contributed by atoms with Crippen molar-refractivity contribution in [2.24, 2.45) is 11.3 Å². The van der Waals surface area contributed by atoms with Gasteiger partial charge in [0, 0.05) is 30.7 Å². The number of nitrogens with one attached hydrogen (secondary N) is 2. The smallest absolute Gasteiger partial charge is 0.479 e. The fraction of sp³-hybridized carbons (Fsp3) is 0.654. The molecule has 1 fully saturated rings. The molecule has 2 aromatic rings. The van der Waals surface area contributed by atoms with Crippen LogP contribution in [-0.2, 0) is 55.5 Å². The Labute approximate surface area is 326 Å². The number of nitrogen functional groups attached to an aromatic ring is 1. The van der Waals surface area contributed by atoms with Gasteiger partial charge in [-0.1, -0.05) is 32.5 Å². The highest BCUT2D eigenvalue weighted by Gasteiger charge is 2.50. The molecule has 0 aromatic carbocycles. The highest BCUT2D eigenvalue weighted by molar-refractivity contribution is 8.13. The molecule has 31 heteroatoms. The Kier molecular flexibility index (Phi) is 16.8. The molecule has 27 nitrogen and oxygen atoms in total. The number of carboxylic acids is 1. The first kappa shape index (κ1) is 48.4. The SMILES string of the molecule is C[C@@H](C(=O)SCCNC(=O)CCNC(=O)C(O)C(C)(C)COP(=O)(O)OP(=O)(O)OC[C@H]1O[C@@H](n2cnc3c(N)ncnc32)[C@H](O)[C@@H]1OP(=O)(O)O)[C@H](O)C(=O)O. The standard InChI is InChI=1S/C26H42N7O20P3S/c1-12(16(35)24(39)40)25(41)57-7-6-28-14(34)4-5-29-22(38)19(37)26(2,3)9-50-56(47,48)53-55(45,46)49-8-13-18(52-54(42,43)44)17(36)23(51-13)33-11-32-15-20(27)30-10-31-21(15)33/h10-13,16-19,23,35-37H,4-9H2,1-3H3,(H,28,34)(H,29,38)(H,39,40)(H,45,46)(H,47,48)(H2,27,30,31)(H2,42,43,44)/t12-,13-,16+,17-,18-,19?,23-/m1/s1. The number of phosphoric acid groups is 3. The van der Waals surface area contributed by atoms with E-state index in [-0.39, 0.29) is 42.2 Å². The summed E-state index contributed by atoms with van der Waals surface area (Å²) in [5, 5.41) is 43.7. The van der Waals surface area contributed by atoms with Gasteiger partial charge in [0.05, 0.1) is 25.5 Å². The quantitative estimate of drug-likeness (QED) is 0.0439. The van der Waals surface area contributed by atoms with Crippen molar-refractivity contribution in [3.05, 3.63) is 12.7 Å². The fourth-order valence-corrected chi connectivity index (χ4v) is 8.38. The van der Waals surface area contributed by atoms with Crippen LogP contribution in [0.4, 0.5) is 5.82 Å². The van der Waals surface area contributed by atoms with Crippen molar-refractivity contribution in [1.29, 1.82) is 0 Å². The zero-order chi connectivity index (χ0) is 43.1. The number of phosphoric ester groups is 3. The van der Waals surface area contributed by atoms with Crippen LogP contribution in [0.2, 0.25) is 0 Å². The first-order valence-electron chi connectivity index (χ1n) is 16.2. The number of carbonyl (C=O) groups excluding carboxylic acids is 3. The number of aliphatic hydroxyl groups excluding tert-OH is 3. The Morgan fingerprint density at radius 2 is 1.68 bits per heavy atom. The highest BCUT2D eigenvalue weighted by atomic mass is 32.2. The predicted molar refractivity (Wildman–Crippen MR) is 190 cm³/mol. The van der Waals surface area contributed by atoms with E-state index in [4.69, 9.17) is 24.6 Å². The lowest BCUT2D eigenvalue weighted by Gasteiger charge is -2.30. The number of nitrogens with two attached hydrogens (primary N) is 1. The first-order valence-corrected chi connectivity index (χ1v) is 21.7. The monoisotopic (exact) mass is 897 g/mol. The molecule has 0 aliphatic carbocycles. The third-order valence-corrected chi connectivity index (χ3v) is 12.0. The van der Waals surface area contributed by atoms with Gasteiger partial charge in [0.25, 0.3) is 0 Å². The first-order chi connectivity index (χ1) is 26.2. The largest absolute Gasteiger partial charge is 0.481 e. The number of rotatable bonds is 22. The van der Waals surface area contributed by atoms with Gasteiger partial charge in [-0.3, -0.25) is 32.5 Å². The number of fused-ring (bicyclic) bond motifs is 1. The number of imidazole rings is 1. The molecule has 2 amide bonds.